The Balaban J connectivity index is 3.11. The molecule has 0 saturated heterocycles. The smallest absolute Gasteiger partial charge is 0.126 e. The molecule has 0 aliphatic heterocycles. The third-order valence-corrected chi connectivity index (χ3v) is 1.48. The first-order valence-electron chi connectivity index (χ1n) is 3.73. The fraction of sp³-hybridized carbons (Fsp3) is 0.333. The number of hydrogen-bond acceptors (Lipinski definition) is 2. The Bertz CT molecular complexity index is 266. The fourth-order valence-electron chi connectivity index (χ4n) is 0.941. The zero-order valence-electron chi connectivity index (χ0n) is 6.96. The van der Waals surface area contributed by atoms with Crippen molar-refractivity contribution in [3.63, 3.8) is 0 Å². The van der Waals surface area contributed by atoms with Crippen LogP contribution in [0, 0.1) is 6.92 Å². The second-order valence-electron chi connectivity index (χ2n) is 2.39. The first kappa shape index (κ1) is 7.92. The van der Waals surface area contributed by atoms with Gasteiger partial charge >= 0.3 is 0 Å². The van der Waals surface area contributed by atoms with E-state index in [1.165, 1.54) is 0 Å². The molecule has 1 heterocycles. The highest BCUT2D eigenvalue weighted by Crippen LogP contribution is 2.02. The van der Waals surface area contributed by atoms with Crippen molar-refractivity contribution >= 4 is 6.08 Å². The standard InChI is InChI=1S/C9H12N2/c1-4-8-6-9(5-2)11-7(3)10-8/h4,6H,1,5H2,2-3H3. The highest BCUT2D eigenvalue weighted by Gasteiger charge is 1.95. The van der Waals surface area contributed by atoms with Crippen molar-refractivity contribution in [3.8, 4) is 0 Å². The zero-order valence-corrected chi connectivity index (χ0v) is 6.96. The SMILES string of the molecule is C=Cc1cc(CC)nc(C)n1. The average Bonchev–Trinajstić information content (AvgIpc) is 2.03. The summed E-state index contributed by atoms with van der Waals surface area (Å²) in [5.74, 6) is 0.819. The van der Waals surface area contributed by atoms with Crippen molar-refractivity contribution in [1.29, 1.82) is 0 Å². The van der Waals surface area contributed by atoms with Crippen LogP contribution in [0.2, 0.25) is 0 Å². The molecule has 0 aromatic carbocycles. The van der Waals surface area contributed by atoms with E-state index in [9.17, 15) is 0 Å². The van der Waals surface area contributed by atoms with Gasteiger partial charge in [0.2, 0.25) is 0 Å². The van der Waals surface area contributed by atoms with Gasteiger partial charge in [-0.25, -0.2) is 9.97 Å². The van der Waals surface area contributed by atoms with Crippen LogP contribution in [0.15, 0.2) is 12.6 Å². The van der Waals surface area contributed by atoms with Crippen LogP contribution in [0.4, 0.5) is 0 Å². The van der Waals surface area contributed by atoms with Crippen molar-refractivity contribution in [2.24, 2.45) is 0 Å². The third-order valence-electron chi connectivity index (χ3n) is 1.48. The van der Waals surface area contributed by atoms with Crippen LogP contribution < -0.4 is 0 Å². The second kappa shape index (κ2) is 3.28. The Morgan fingerprint density at radius 2 is 2.27 bits per heavy atom. The molecule has 1 aromatic heterocycles. The summed E-state index contributed by atoms with van der Waals surface area (Å²) in [6.45, 7) is 7.63. The Morgan fingerprint density at radius 3 is 2.82 bits per heavy atom. The lowest BCUT2D eigenvalue weighted by Gasteiger charge is -1.99. The molecule has 0 N–H and O–H groups in total. The van der Waals surface area contributed by atoms with Gasteiger partial charge in [-0.3, -0.25) is 0 Å². The normalized spacial score (nSPS) is 9.64. The monoisotopic (exact) mass is 148 g/mol. The van der Waals surface area contributed by atoms with Crippen LogP contribution in [-0.4, -0.2) is 9.97 Å². The highest BCUT2D eigenvalue weighted by molar-refractivity contribution is 5.41. The van der Waals surface area contributed by atoms with Gasteiger partial charge in [0.1, 0.15) is 5.82 Å². The molecule has 0 saturated carbocycles. The van der Waals surface area contributed by atoms with Crippen molar-refractivity contribution < 1.29 is 0 Å². The van der Waals surface area contributed by atoms with Crippen LogP contribution >= 0.6 is 0 Å². The van der Waals surface area contributed by atoms with Gasteiger partial charge in [0, 0.05) is 5.69 Å². The third kappa shape index (κ3) is 1.87. The first-order valence-corrected chi connectivity index (χ1v) is 3.73. The van der Waals surface area contributed by atoms with E-state index in [2.05, 4.69) is 23.5 Å². The van der Waals surface area contributed by atoms with Gasteiger partial charge in [-0.05, 0) is 25.5 Å². The summed E-state index contributed by atoms with van der Waals surface area (Å²) in [5.41, 5.74) is 1.99. The lowest BCUT2D eigenvalue weighted by Crippen LogP contribution is -1.95. The summed E-state index contributed by atoms with van der Waals surface area (Å²) in [5, 5.41) is 0. The van der Waals surface area contributed by atoms with Crippen LogP contribution in [-0.2, 0) is 6.42 Å². The highest BCUT2D eigenvalue weighted by atomic mass is 14.9. The quantitative estimate of drug-likeness (QED) is 0.641. The van der Waals surface area contributed by atoms with Crippen LogP contribution in [0.1, 0.15) is 24.1 Å². The number of rotatable bonds is 2. The summed E-state index contributed by atoms with van der Waals surface area (Å²) in [7, 11) is 0. The van der Waals surface area contributed by atoms with E-state index < -0.39 is 0 Å². The molecule has 0 bridgehead atoms. The van der Waals surface area contributed by atoms with Crippen molar-refractivity contribution in [2.45, 2.75) is 20.3 Å². The maximum absolute atomic E-state index is 4.24. The molecule has 2 nitrogen and oxygen atoms in total. The van der Waals surface area contributed by atoms with Crippen molar-refractivity contribution in [2.75, 3.05) is 0 Å². The van der Waals surface area contributed by atoms with Crippen LogP contribution in [0.3, 0.4) is 0 Å². The van der Waals surface area contributed by atoms with Crippen LogP contribution in [0.5, 0.6) is 0 Å². The fourth-order valence-corrected chi connectivity index (χ4v) is 0.941. The Hall–Kier alpha value is -1.18. The predicted octanol–water partition coefficient (Wildman–Crippen LogP) is 1.99. The summed E-state index contributed by atoms with van der Waals surface area (Å²) >= 11 is 0. The summed E-state index contributed by atoms with van der Waals surface area (Å²) in [4.78, 5) is 8.41. The molecular formula is C9H12N2. The molecular weight excluding hydrogens is 136 g/mol. The maximum Gasteiger partial charge on any atom is 0.126 e. The Kier molecular flexibility index (Phi) is 2.36. The van der Waals surface area contributed by atoms with E-state index in [0.29, 0.717) is 0 Å². The minimum absolute atomic E-state index is 0.819. The van der Waals surface area contributed by atoms with E-state index in [1.807, 2.05) is 13.0 Å². The van der Waals surface area contributed by atoms with Gasteiger partial charge in [-0.2, -0.15) is 0 Å². The molecule has 0 unspecified atom stereocenters. The molecule has 2 heteroatoms. The summed E-state index contributed by atoms with van der Waals surface area (Å²) in [6.07, 6.45) is 2.69. The van der Waals surface area contributed by atoms with E-state index in [-0.39, 0.29) is 0 Å². The Morgan fingerprint density at radius 1 is 1.55 bits per heavy atom. The topological polar surface area (TPSA) is 25.8 Å². The summed E-state index contributed by atoms with van der Waals surface area (Å²) in [6, 6.07) is 1.96. The molecule has 0 atom stereocenters. The van der Waals surface area contributed by atoms with Crippen molar-refractivity contribution in [1.82, 2.24) is 9.97 Å². The molecule has 0 amide bonds. The molecule has 11 heavy (non-hydrogen) atoms. The van der Waals surface area contributed by atoms with Gasteiger partial charge < -0.3 is 0 Å². The average molecular weight is 148 g/mol. The molecule has 0 aliphatic carbocycles. The number of aryl methyl sites for hydroxylation is 2. The van der Waals surface area contributed by atoms with Gasteiger partial charge in [-0.1, -0.05) is 13.5 Å². The van der Waals surface area contributed by atoms with E-state index >= 15 is 0 Å². The molecule has 0 spiro atoms. The van der Waals surface area contributed by atoms with E-state index in [4.69, 9.17) is 0 Å². The van der Waals surface area contributed by atoms with Gasteiger partial charge in [0.05, 0.1) is 5.69 Å². The van der Waals surface area contributed by atoms with Crippen LogP contribution in [0.25, 0.3) is 6.08 Å². The minimum Gasteiger partial charge on any atom is -0.238 e. The number of hydrogen-bond donors (Lipinski definition) is 0. The van der Waals surface area contributed by atoms with E-state index in [0.717, 1.165) is 23.6 Å². The molecule has 58 valence electrons. The first-order chi connectivity index (χ1) is 5.26. The molecule has 1 aromatic rings. The lowest BCUT2D eigenvalue weighted by atomic mass is 10.2. The van der Waals surface area contributed by atoms with Gasteiger partial charge in [0.25, 0.3) is 0 Å². The number of aromatic nitrogens is 2. The maximum atomic E-state index is 4.24. The zero-order chi connectivity index (χ0) is 8.27. The van der Waals surface area contributed by atoms with Crippen molar-refractivity contribution in [3.05, 3.63) is 29.9 Å². The van der Waals surface area contributed by atoms with Gasteiger partial charge in [0.15, 0.2) is 0 Å². The Labute approximate surface area is 67.0 Å². The molecule has 0 radical (unpaired) electrons. The molecule has 1 rings (SSSR count). The number of nitrogens with zero attached hydrogens (tertiary/aromatic N) is 2. The predicted molar refractivity (Wildman–Crippen MR) is 46.2 cm³/mol. The molecule has 0 aliphatic rings. The molecule has 0 fully saturated rings. The lowest BCUT2D eigenvalue weighted by molar-refractivity contribution is 0.943. The summed E-state index contributed by atoms with van der Waals surface area (Å²) < 4.78 is 0. The van der Waals surface area contributed by atoms with E-state index in [1.54, 1.807) is 6.08 Å². The van der Waals surface area contributed by atoms with Gasteiger partial charge in [-0.15, -0.1) is 0 Å². The second-order valence-corrected chi connectivity index (χ2v) is 2.39. The minimum atomic E-state index is 0.819. The largest absolute Gasteiger partial charge is 0.238 e.